The van der Waals surface area contributed by atoms with Gasteiger partial charge in [0.2, 0.25) is 0 Å². The van der Waals surface area contributed by atoms with Crippen LogP contribution in [0.2, 0.25) is 0 Å². The van der Waals surface area contributed by atoms with Crippen LogP contribution in [0.5, 0.6) is 0 Å². The number of rotatable bonds is 7. The molecule has 174 valence electrons. The minimum atomic E-state index is -0.696. The molecule has 1 amide bonds. The van der Waals surface area contributed by atoms with Gasteiger partial charge in [-0.2, -0.15) is 5.10 Å². The van der Waals surface area contributed by atoms with E-state index in [-0.39, 0.29) is 17.9 Å². The Balaban J connectivity index is 1.36. The van der Waals surface area contributed by atoms with Gasteiger partial charge in [-0.15, -0.1) is 11.3 Å². The third-order valence-electron chi connectivity index (χ3n) is 5.17. The summed E-state index contributed by atoms with van der Waals surface area (Å²) in [5.41, 5.74) is 2.74. The predicted octanol–water partition coefficient (Wildman–Crippen LogP) is 4.38. The van der Waals surface area contributed by atoms with Crippen molar-refractivity contribution in [2.45, 2.75) is 6.54 Å². The molecule has 0 radical (unpaired) electrons. The number of carbonyl (C=O) groups is 2. The molecular formula is C25H18FN5O3S. The van der Waals surface area contributed by atoms with E-state index in [9.17, 15) is 14.0 Å². The van der Waals surface area contributed by atoms with Crippen molar-refractivity contribution in [3.63, 3.8) is 0 Å². The molecule has 0 atom stereocenters. The summed E-state index contributed by atoms with van der Waals surface area (Å²) in [5.74, 6) is -1.47. The Bertz CT molecular complexity index is 1480. The third-order valence-corrected chi connectivity index (χ3v) is 6.04. The number of fused-ring (bicyclic) bond motifs is 1. The standard InChI is InChI=1S/C25H18FN5O3S/c26-19-9-7-18(8-10-19)21-16-35-25(29-21)30(14-17-5-2-1-3-6-17)22(32)15-34-24(33)20-13-28-31-12-4-11-27-23(20)31/h1-13,16H,14-15H2. The Kier molecular flexibility index (Phi) is 6.27. The Hall–Kier alpha value is -4.44. The molecule has 5 rings (SSSR count). The topological polar surface area (TPSA) is 89.7 Å². The maximum absolute atomic E-state index is 13.3. The van der Waals surface area contributed by atoms with E-state index in [1.165, 1.54) is 39.1 Å². The number of nitrogens with zero attached hydrogens (tertiary/aromatic N) is 5. The molecule has 0 saturated carbocycles. The van der Waals surface area contributed by atoms with Gasteiger partial charge in [0.05, 0.1) is 18.4 Å². The second kappa shape index (κ2) is 9.82. The number of thiazole rings is 1. The lowest BCUT2D eigenvalue weighted by atomic mass is 10.2. The van der Waals surface area contributed by atoms with Gasteiger partial charge < -0.3 is 4.74 Å². The summed E-state index contributed by atoms with van der Waals surface area (Å²) in [7, 11) is 0. The average Bonchev–Trinajstić information content (AvgIpc) is 3.55. The Morgan fingerprint density at radius 1 is 1.06 bits per heavy atom. The van der Waals surface area contributed by atoms with Crippen molar-refractivity contribution in [2.24, 2.45) is 0 Å². The van der Waals surface area contributed by atoms with Crippen LogP contribution in [-0.2, 0) is 16.1 Å². The summed E-state index contributed by atoms with van der Waals surface area (Å²) in [6.45, 7) is -0.243. The van der Waals surface area contributed by atoms with Crippen molar-refractivity contribution in [1.82, 2.24) is 19.6 Å². The van der Waals surface area contributed by atoms with Gasteiger partial charge >= 0.3 is 5.97 Å². The first-order valence-corrected chi connectivity index (χ1v) is 11.5. The van der Waals surface area contributed by atoms with Gasteiger partial charge in [0, 0.05) is 23.3 Å². The van der Waals surface area contributed by atoms with E-state index in [1.807, 2.05) is 30.3 Å². The number of halogens is 1. The predicted molar refractivity (Wildman–Crippen MR) is 128 cm³/mol. The van der Waals surface area contributed by atoms with Crippen LogP contribution in [0.25, 0.3) is 16.9 Å². The minimum Gasteiger partial charge on any atom is -0.452 e. The van der Waals surface area contributed by atoms with Gasteiger partial charge in [-0.25, -0.2) is 23.7 Å². The number of benzene rings is 2. The highest BCUT2D eigenvalue weighted by Crippen LogP contribution is 2.29. The van der Waals surface area contributed by atoms with Crippen LogP contribution in [0.1, 0.15) is 15.9 Å². The number of esters is 1. The summed E-state index contributed by atoms with van der Waals surface area (Å²) in [6.07, 6.45) is 4.56. The maximum Gasteiger partial charge on any atom is 0.344 e. The number of hydrogen-bond acceptors (Lipinski definition) is 7. The lowest BCUT2D eigenvalue weighted by molar-refractivity contribution is -0.121. The molecule has 35 heavy (non-hydrogen) atoms. The van der Waals surface area contributed by atoms with Crippen LogP contribution in [-0.4, -0.2) is 38.1 Å². The van der Waals surface area contributed by atoms with Crippen LogP contribution in [0, 0.1) is 5.82 Å². The van der Waals surface area contributed by atoms with E-state index in [2.05, 4.69) is 15.1 Å². The number of amides is 1. The monoisotopic (exact) mass is 487 g/mol. The molecular weight excluding hydrogens is 469 g/mol. The lowest BCUT2D eigenvalue weighted by Gasteiger charge is -2.20. The second-order valence-electron chi connectivity index (χ2n) is 7.51. The quantitative estimate of drug-likeness (QED) is 0.317. The molecule has 10 heteroatoms. The fourth-order valence-corrected chi connectivity index (χ4v) is 4.27. The van der Waals surface area contributed by atoms with Gasteiger partial charge in [-0.1, -0.05) is 30.3 Å². The molecule has 0 aliphatic rings. The van der Waals surface area contributed by atoms with Crippen LogP contribution < -0.4 is 4.90 Å². The molecule has 5 aromatic rings. The zero-order valence-electron chi connectivity index (χ0n) is 18.2. The van der Waals surface area contributed by atoms with Crippen molar-refractivity contribution >= 4 is 34.0 Å². The van der Waals surface area contributed by atoms with E-state index in [4.69, 9.17) is 4.74 Å². The van der Waals surface area contributed by atoms with Crippen molar-refractivity contribution in [2.75, 3.05) is 11.5 Å². The summed E-state index contributed by atoms with van der Waals surface area (Å²) < 4.78 is 20.1. The molecule has 0 fully saturated rings. The van der Waals surface area contributed by atoms with E-state index >= 15 is 0 Å². The number of anilines is 1. The van der Waals surface area contributed by atoms with Crippen molar-refractivity contribution in [3.05, 3.63) is 102 Å². The van der Waals surface area contributed by atoms with E-state index < -0.39 is 18.5 Å². The number of ether oxygens (including phenoxy) is 1. The molecule has 0 aliphatic carbocycles. The van der Waals surface area contributed by atoms with Crippen molar-refractivity contribution in [3.8, 4) is 11.3 Å². The first-order valence-electron chi connectivity index (χ1n) is 10.6. The van der Waals surface area contributed by atoms with E-state index in [0.29, 0.717) is 16.5 Å². The smallest absolute Gasteiger partial charge is 0.344 e. The summed E-state index contributed by atoms with van der Waals surface area (Å²) in [6, 6.07) is 17.1. The lowest BCUT2D eigenvalue weighted by Crippen LogP contribution is -2.34. The number of aromatic nitrogens is 4. The number of carbonyl (C=O) groups excluding carboxylic acids is 2. The van der Waals surface area contributed by atoms with Gasteiger partial charge in [-0.3, -0.25) is 9.69 Å². The average molecular weight is 488 g/mol. The fraction of sp³-hybridized carbons (Fsp3) is 0.0800. The van der Waals surface area contributed by atoms with E-state index in [0.717, 1.165) is 11.1 Å². The number of hydrogen-bond donors (Lipinski definition) is 0. The maximum atomic E-state index is 13.3. The molecule has 3 heterocycles. The van der Waals surface area contributed by atoms with Crippen LogP contribution in [0.4, 0.5) is 9.52 Å². The molecule has 0 bridgehead atoms. The third kappa shape index (κ3) is 4.92. The van der Waals surface area contributed by atoms with Gasteiger partial charge in [0.1, 0.15) is 11.4 Å². The Morgan fingerprint density at radius 3 is 2.66 bits per heavy atom. The van der Waals surface area contributed by atoms with E-state index in [1.54, 1.807) is 36.0 Å². The summed E-state index contributed by atoms with van der Waals surface area (Å²) >= 11 is 1.27. The van der Waals surface area contributed by atoms with Crippen LogP contribution in [0.3, 0.4) is 0 Å². The largest absolute Gasteiger partial charge is 0.452 e. The summed E-state index contributed by atoms with van der Waals surface area (Å²) in [4.78, 5) is 36.0. The SMILES string of the molecule is O=C(OCC(=O)N(Cc1ccccc1)c1nc(-c2ccc(F)cc2)cs1)c1cnn2cccnc12. The first-order chi connectivity index (χ1) is 17.1. The minimum absolute atomic E-state index is 0.167. The fourth-order valence-electron chi connectivity index (χ4n) is 3.42. The highest BCUT2D eigenvalue weighted by molar-refractivity contribution is 7.14. The Morgan fingerprint density at radius 2 is 1.86 bits per heavy atom. The zero-order valence-corrected chi connectivity index (χ0v) is 19.1. The van der Waals surface area contributed by atoms with Crippen molar-refractivity contribution < 1.29 is 18.7 Å². The first kappa shape index (κ1) is 22.4. The van der Waals surface area contributed by atoms with Crippen LogP contribution in [0.15, 0.2) is 84.6 Å². The molecule has 0 spiro atoms. The molecule has 0 unspecified atom stereocenters. The Labute approximate surface area is 203 Å². The second-order valence-corrected chi connectivity index (χ2v) is 8.35. The van der Waals surface area contributed by atoms with Gasteiger partial charge in [0.25, 0.3) is 5.91 Å². The highest BCUT2D eigenvalue weighted by atomic mass is 32.1. The molecule has 0 N–H and O–H groups in total. The molecule has 0 saturated heterocycles. The normalized spacial score (nSPS) is 10.9. The molecule has 0 aliphatic heterocycles. The molecule has 3 aromatic heterocycles. The molecule has 2 aromatic carbocycles. The van der Waals surface area contributed by atoms with Crippen LogP contribution >= 0.6 is 11.3 Å². The summed E-state index contributed by atoms with van der Waals surface area (Å²) in [5, 5.41) is 6.30. The van der Waals surface area contributed by atoms with Gasteiger partial charge in [0.15, 0.2) is 17.4 Å². The van der Waals surface area contributed by atoms with Crippen molar-refractivity contribution in [1.29, 1.82) is 0 Å². The van der Waals surface area contributed by atoms with Gasteiger partial charge in [-0.05, 0) is 35.9 Å². The zero-order chi connectivity index (χ0) is 24.2. The highest BCUT2D eigenvalue weighted by Gasteiger charge is 2.23. The molecule has 8 nitrogen and oxygen atoms in total.